The van der Waals surface area contributed by atoms with Gasteiger partial charge in [-0.15, -0.1) is 0 Å². The second-order valence-electron chi connectivity index (χ2n) is 8.11. The highest BCUT2D eigenvalue weighted by atomic mass is 32.2. The number of hydrogen-bond acceptors (Lipinski definition) is 5. The van der Waals surface area contributed by atoms with Crippen molar-refractivity contribution in [1.82, 2.24) is 9.55 Å². The number of nitrogens with one attached hydrogen (secondary N) is 1. The van der Waals surface area contributed by atoms with Crippen LogP contribution in [0.4, 0.5) is 5.69 Å². The van der Waals surface area contributed by atoms with Crippen molar-refractivity contribution < 1.29 is 9.53 Å². The predicted molar refractivity (Wildman–Crippen MR) is 144 cm³/mol. The summed E-state index contributed by atoms with van der Waals surface area (Å²) in [6.07, 6.45) is 0. The Morgan fingerprint density at radius 3 is 2.31 bits per heavy atom. The Labute approximate surface area is 212 Å². The van der Waals surface area contributed by atoms with E-state index in [1.807, 2.05) is 79.7 Å². The molecule has 1 amide bonds. The number of carbonyl (C=O) groups is 1. The Morgan fingerprint density at radius 2 is 1.53 bits per heavy atom. The first-order valence-corrected chi connectivity index (χ1v) is 12.4. The molecule has 0 radical (unpaired) electrons. The third-order valence-electron chi connectivity index (χ3n) is 5.55. The molecule has 0 fully saturated rings. The number of amides is 1. The zero-order valence-electron chi connectivity index (χ0n) is 19.5. The number of carbonyl (C=O) groups excluding carboxylic acids is 1. The minimum absolute atomic E-state index is 0.0962. The number of aryl methyl sites for hydroxylation is 1. The monoisotopic (exact) mass is 493 g/mol. The van der Waals surface area contributed by atoms with Crippen molar-refractivity contribution >= 4 is 34.3 Å². The molecular formula is C29H23N3O3S. The Bertz CT molecular complexity index is 1580. The molecule has 1 aromatic heterocycles. The number of para-hydroxylation sites is 3. The molecular weight excluding hydrogens is 470 g/mol. The maximum Gasteiger partial charge on any atom is 0.266 e. The molecule has 0 saturated carbocycles. The summed E-state index contributed by atoms with van der Waals surface area (Å²) >= 11 is 1.23. The molecule has 5 aromatic rings. The maximum atomic E-state index is 13.4. The molecule has 0 aliphatic carbocycles. The summed E-state index contributed by atoms with van der Waals surface area (Å²) in [4.78, 5) is 30.9. The van der Waals surface area contributed by atoms with E-state index in [4.69, 9.17) is 9.72 Å². The molecule has 5 rings (SSSR count). The average Bonchev–Trinajstić information content (AvgIpc) is 2.90. The molecule has 0 atom stereocenters. The van der Waals surface area contributed by atoms with E-state index in [1.165, 1.54) is 11.8 Å². The van der Waals surface area contributed by atoms with Gasteiger partial charge < -0.3 is 10.1 Å². The van der Waals surface area contributed by atoms with E-state index in [-0.39, 0.29) is 17.2 Å². The van der Waals surface area contributed by atoms with Gasteiger partial charge >= 0.3 is 0 Å². The van der Waals surface area contributed by atoms with Crippen LogP contribution in [0.15, 0.2) is 113 Å². The lowest BCUT2D eigenvalue weighted by atomic mass is 10.2. The van der Waals surface area contributed by atoms with E-state index < -0.39 is 0 Å². The van der Waals surface area contributed by atoms with Crippen molar-refractivity contribution in [3.63, 3.8) is 0 Å². The highest BCUT2D eigenvalue weighted by Crippen LogP contribution is 2.25. The van der Waals surface area contributed by atoms with Gasteiger partial charge in [-0.2, -0.15) is 0 Å². The second kappa shape index (κ2) is 10.5. The molecule has 1 heterocycles. The summed E-state index contributed by atoms with van der Waals surface area (Å²) in [5.74, 6) is 1.32. The highest BCUT2D eigenvalue weighted by Gasteiger charge is 2.16. The fourth-order valence-electron chi connectivity index (χ4n) is 3.79. The number of rotatable bonds is 7. The van der Waals surface area contributed by atoms with Crippen molar-refractivity contribution in [2.24, 2.45) is 0 Å². The quantitative estimate of drug-likeness (QED) is 0.215. The van der Waals surface area contributed by atoms with Gasteiger partial charge in [-0.25, -0.2) is 4.98 Å². The van der Waals surface area contributed by atoms with E-state index in [2.05, 4.69) is 5.32 Å². The third-order valence-corrected chi connectivity index (χ3v) is 6.49. The standard InChI is InChI=1S/C29H23N3O3S/c1-20-9-5-8-14-26(20)32-28(34)24-12-6-7-13-25(24)31-29(32)36-19-27(33)30-21-15-17-23(18-16-21)35-22-10-3-2-4-11-22/h2-18H,19H2,1H3,(H,30,33). The molecule has 0 saturated heterocycles. The normalized spacial score (nSPS) is 10.8. The number of fused-ring (bicyclic) bond motifs is 1. The number of nitrogens with zero attached hydrogens (tertiary/aromatic N) is 2. The minimum Gasteiger partial charge on any atom is -0.457 e. The first-order chi connectivity index (χ1) is 17.6. The van der Waals surface area contributed by atoms with Crippen molar-refractivity contribution in [3.8, 4) is 17.2 Å². The number of ether oxygens (including phenoxy) is 1. The topological polar surface area (TPSA) is 73.2 Å². The van der Waals surface area contributed by atoms with Crippen LogP contribution in [0, 0.1) is 6.92 Å². The zero-order chi connectivity index (χ0) is 24.9. The Hall–Kier alpha value is -4.36. The maximum absolute atomic E-state index is 13.4. The molecule has 0 bridgehead atoms. The number of benzene rings is 4. The second-order valence-corrected chi connectivity index (χ2v) is 9.06. The fraction of sp³-hybridized carbons (Fsp3) is 0.0690. The molecule has 0 unspecified atom stereocenters. The van der Waals surface area contributed by atoms with Gasteiger partial charge in [0.2, 0.25) is 5.91 Å². The van der Waals surface area contributed by atoms with Gasteiger partial charge in [0, 0.05) is 5.69 Å². The molecule has 0 aliphatic heterocycles. The van der Waals surface area contributed by atoms with Crippen LogP contribution in [-0.2, 0) is 4.79 Å². The predicted octanol–water partition coefficient (Wildman–Crippen LogP) is 6.22. The van der Waals surface area contributed by atoms with E-state index in [1.54, 1.807) is 34.9 Å². The van der Waals surface area contributed by atoms with Gasteiger partial charge in [-0.1, -0.05) is 60.3 Å². The lowest BCUT2D eigenvalue weighted by Crippen LogP contribution is -2.23. The lowest BCUT2D eigenvalue weighted by molar-refractivity contribution is -0.113. The van der Waals surface area contributed by atoms with Gasteiger partial charge in [0.15, 0.2) is 5.16 Å². The molecule has 0 aliphatic rings. The van der Waals surface area contributed by atoms with Crippen LogP contribution in [-0.4, -0.2) is 21.2 Å². The first kappa shape index (κ1) is 23.4. The van der Waals surface area contributed by atoms with Crippen LogP contribution in [0.2, 0.25) is 0 Å². The van der Waals surface area contributed by atoms with E-state index in [0.29, 0.717) is 27.5 Å². The third kappa shape index (κ3) is 5.16. The summed E-state index contributed by atoms with van der Waals surface area (Å²) in [7, 11) is 0. The van der Waals surface area contributed by atoms with Crippen molar-refractivity contribution in [2.75, 3.05) is 11.1 Å². The Kier molecular flexibility index (Phi) is 6.82. The number of anilines is 1. The van der Waals surface area contributed by atoms with Crippen LogP contribution in [0.25, 0.3) is 16.6 Å². The Balaban J connectivity index is 1.33. The van der Waals surface area contributed by atoms with Crippen molar-refractivity contribution in [2.45, 2.75) is 12.1 Å². The minimum atomic E-state index is -0.199. The summed E-state index contributed by atoms with van der Waals surface area (Å²) < 4.78 is 7.39. The van der Waals surface area contributed by atoms with Gasteiger partial charge in [0.1, 0.15) is 11.5 Å². The van der Waals surface area contributed by atoms with Gasteiger partial charge in [-0.3, -0.25) is 14.2 Å². The number of aromatic nitrogens is 2. The van der Waals surface area contributed by atoms with Gasteiger partial charge in [-0.05, 0) is 67.1 Å². The van der Waals surface area contributed by atoms with Crippen LogP contribution in [0.3, 0.4) is 0 Å². The van der Waals surface area contributed by atoms with Crippen molar-refractivity contribution in [1.29, 1.82) is 0 Å². The highest BCUT2D eigenvalue weighted by molar-refractivity contribution is 7.99. The van der Waals surface area contributed by atoms with Crippen molar-refractivity contribution in [3.05, 3.63) is 119 Å². The van der Waals surface area contributed by atoms with E-state index in [0.717, 1.165) is 17.0 Å². The van der Waals surface area contributed by atoms with Gasteiger partial charge in [0.05, 0.1) is 22.3 Å². The van der Waals surface area contributed by atoms with E-state index in [9.17, 15) is 9.59 Å². The van der Waals surface area contributed by atoms with Crippen LogP contribution in [0.5, 0.6) is 11.5 Å². The largest absolute Gasteiger partial charge is 0.457 e. The van der Waals surface area contributed by atoms with E-state index >= 15 is 0 Å². The molecule has 178 valence electrons. The summed E-state index contributed by atoms with van der Waals surface area (Å²) in [5, 5.41) is 3.90. The molecule has 0 spiro atoms. The molecule has 4 aromatic carbocycles. The molecule has 7 heteroatoms. The fourth-order valence-corrected chi connectivity index (χ4v) is 4.60. The number of thioether (sulfide) groups is 1. The SMILES string of the molecule is Cc1ccccc1-n1c(SCC(=O)Nc2ccc(Oc3ccccc3)cc2)nc2ccccc2c1=O. The van der Waals surface area contributed by atoms with Crippen LogP contribution < -0.4 is 15.6 Å². The molecule has 1 N–H and O–H groups in total. The van der Waals surface area contributed by atoms with Crippen LogP contribution in [0.1, 0.15) is 5.56 Å². The number of hydrogen-bond donors (Lipinski definition) is 1. The average molecular weight is 494 g/mol. The zero-order valence-corrected chi connectivity index (χ0v) is 20.4. The summed E-state index contributed by atoms with van der Waals surface area (Å²) in [5.41, 5.74) is 2.79. The Morgan fingerprint density at radius 1 is 0.861 bits per heavy atom. The smallest absolute Gasteiger partial charge is 0.266 e. The summed E-state index contributed by atoms with van der Waals surface area (Å²) in [6, 6.07) is 31.6. The molecule has 6 nitrogen and oxygen atoms in total. The van der Waals surface area contributed by atoms with Crippen LogP contribution >= 0.6 is 11.8 Å². The molecule has 36 heavy (non-hydrogen) atoms. The lowest BCUT2D eigenvalue weighted by Gasteiger charge is -2.15. The summed E-state index contributed by atoms with van der Waals surface area (Å²) in [6.45, 7) is 1.95. The first-order valence-electron chi connectivity index (χ1n) is 11.4. The van der Waals surface area contributed by atoms with Gasteiger partial charge in [0.25, 0.3) is 5.56 Å².